The van der Waals surface area contributed by atoms with Gasteiger partial charge in [-0.2, -0.15) is 0 Å². The molecule has 1 rings (SSSR count). The first kappa shape index (κ1) is 9.50. The molecule has 0 unspecified atom stereocenters. The van der Waals surface area contributed by atoms with Crippen LogP contribution < -0.4 is 17.2 Å². The van der Waals surface area contributed by atoms with Gasteiger partial charge in [-0.25, -0.2) is 5.12 Å². The molecule has 1 heterocycles. The second-order valence-electron chi connectivity index (χ2n) is 2.69. The number of hydrazone groups is 1. The van der Waals surface area contributed by atoms with Gasteiger partial charge in [0.25, 0.3) is 0 Å². The van der Waals surface area contributed by atoms with E-state index in [0.29, 0.717) is 18.1 Å². The minimum atomic E-state index is 0.282. The normalized spacial score (nSPS) is 17.8. The fourth-order valence-corrected chi connectivity index (χ4v) is 1.20. The molecule has 6 nitrogen and oxygen atoms in total. The third-order valence-corrected chi connectivity index (χ3v) is 1.91. The van der Waals surface area contributed by atoms with E-state index in [0.717, 1.165) is 6.54 Å². The topological polar surface area (TPSA) is 96.9 Å². The van der Waals surface area contributed by atoms with Gasteiger partial charge in [0.1, 0.15) is 11.5 Å². The highest BCUT2D eigenvalue weighted by Gasteiger charge is 2.21. The van der Waals surface area contributed by atoms with Crippen LogP contribution in [0.3, 0.4) is 0 Å². The lowest BCUT2D eigenvalue weighted by atomic mass is 10.4. The van der Waals surface area contributed by atoms with Crippen molar-refractivity contribution in [1.29, 1.82) is 0 Å². The first-order chi connectivity index (χ1) is 6.11. The van der Waals surface area contributed by atoms with Crippen LogP contribution in [0, 0.1) is 0 Å². The van der Waals surface area contributed by atoms with Crippen molar-refractivity contribution in [1.82, 2.24) is 10.1 Å². The Kier molecular flexibility index (Phi) is 2.50. The summed E-state index contributed by atoms with van der Waals surface area (Å²) < 4.78 is 0. The summed E-state index contributed by atoms with van der Waals surface area (Å²) in [6.07, 6.45) is 0. The number of amidine groups is 1. The number of nitrogens with two attached hydrogens (primary N) is 3. The maximum absolute atomic E-state index is 5.77. The van der Waals surface area contributed by atoms with Crippen LogP contribution in [0.5, 0.6) is 0 Å². The molecular weight excluding hydrogens is 168 g/mol. The zero-order valence-corrected chi connectivity index (χ0v) is 7.99. The van der Waals surface area contributed by atoms with Gasteiger partial charge >= 0.3 is 0 Å². The molecule has 0 atom stereocenters. The smallest absolute Gasteiger partial charge is 0.172 e. The molecule has 6 heteroatoms. The molecule has 74 valence electrons. The Bertz CT molecular complexity index is 256. The highest BCUT2D eigenvalue weighted by Crippen LogP contribution is 2.11. The van der Waals surface area contributed by atoms with Gasteiger partial charge in [-0.05, 0) is 13.8 Å². The van der Waals surface area contributed by atoms with Crippen molar-refractivity contribution in [2.75, 3.05) is 13.1 Å². The third kappa shape index (κ3) is 1.47. The van der Waals surface area contributed by atoms with Gasteiger partial charge in [-0.15, -0.1) is 5.10 Å². The highest BCUT2D eigenvalue weighted by atomic mass is 15.8. The van der Waals surface area contributed by atoms with Gasteiger partial charge in [0.2, 0.25) is 0 Å². The fourth-order valence-electron chi connectivity index (χ4n) is 1.20. The van der Waals surface area contributed by atoms with Crippen LogP contribution >= 0.6 is 0 Å². The van der Waals surface area contributed by atoms with Gasteiger partial charge in [0.15, 0.2) is 5.84 Å². The number of nitrogens with zero attached hydrogens (tertiary/aromatic N) is 3. The summed E-state index contributed by atoms with van der Waals surface area (Å²) in [4.78, 5) is 0. The van der Waals surface area contributed by atoms with Crippen molar-refractivity contribution < 1.29 is 0 Å². The van der Waals surface area contributed by atoms with Crippen molar-refractivity contribution in [3.05, 3.63) is 11.5 Å². The van der Waals surface area contributed by atoms with Gasteiger partial charge in [-0.3, -0.25) is 5.01 Å². The van der Waals surface area contributed by atoms with E-state index in [1.165, 1.54) is 0 Å². The Morgan fingerprint density at radius 2 is 1.77 bits per heavy atom. The molecule has 1 aliphatic heterocycles. The van der Waals surface area contributed by atoms with Gasteiger partial charge in [-0.1, -0.05) is 0 Å². The maximum Gasteiger partial charge on any atom is 0.172 e. The second-order valence-corrected chi connectivity index (χ2v) is 2.69. The average Bonchev–Trinajstić information content (AvgIpc) is 2.13. The maximum atomic E-state index is 5.77. The molecule has 0 saturated carbocycles. The number of hydrazine groups is 1. The van der Waals surface area contributed by atoms with E-state index >= 15 is 0 Å². The first-order valence-electron chi connectivity index (χ1n) is 4.26. The summed E-state index contributed by atoms with van der Waals surface area (Å²) in [5.74, 6) is 0.751. The fraction of sp³-hybridized carbons (Fsp3) is 0.571. The Morgan fingerprint density at radius 1 is 1.15 bits per heavy atom. The van der Waals surface area contributed by atoms with E-state index in [1.54, 1.807) is 10.1 Å². The number of hydrogen-bond donors (Lipinski definition) is 3. The van der Waals surface area contributed by atoms with Crippen molar-refractivity contribution in [3.63, 3.8) is 0 Å². The monoisotopic (exact) mass is 184 g/mol. The minimum absolute atomic E-state index is 0.282. The molecule has 0 bridgehead atoms. The molecule has 0 aromatic rings. The Morgan fingerprint density at radius 3 is 2.23 bits per heavy atom. The summed E-state index contributed by atoms with van der Waals surface area (Å²) in [7, 11) is 0. The van der Waals surface area contributed by atoms with E-state index < -0.39 is 0 Å². The highest BCUT2D eigenvalue weighted by molar-refractivity contribution is 5.96. The van der Waals surface area contributed by atoms with Crippen molar-refractivity contribution in [2.24, 2.45) is 22.3 Å². The van der Waals surface area contributed by atoms with Crippen LogP contribution in [0.25, 0.3) is 0 Å². The van der Waals surface area contributed by atoms with Crippen LogP contribution in [-0.4, -0.2) is 29.1 Å². The molecule has 0 aromatic carbocycles. The first-order valence-corrected chi connectivity index (χ1v) is 4.26. The lowest BCUT2D eigenvalue weighted by Crippen LogP contribution is -2.48. The molecule has 0 saturated heterocycles. The number of rotatable bonds is 2. The molecule has 0 spiro atoms. The predicted octanol–water partition coefficient (Wildman–Crippen LogP) is -1.08. The predicted molar refractivity (Wildman–Crippen MR) is 51.8 cm³/mol. The molecule has 0 fully saturated rings. The van der Waals surface area contributed by atoms with Gasteiger partial charge < -0.3 is 17.2 Å². The molecule has 1 aliphatic rings. The Labute approximate surface area is 77.6 Å². The SMILES string of the molecule is CCN1N=C(N)C(N)=C(N)N1CC. The summed E-state index contributed by atoms with van der Waals surface area (Å²) in [5, 5.41) is 7.55. The van der Waals surface area contributed by atoms with Crippen LogP contribution in [0.15, 0.2) is 16.6 Å². The molecule has 0 radical (unpaired) electrons. The lowest BCUT2D eigenvalue weighted by Gasteiger charge is -2.36. The van der Waals surface area contributed by atoms with Gasteiger partial charge in [0, 0.05) is 6.54 Å². The molecule has 6 N–H and O–H groups in total. The second kappa shape index (κ2) is 3.42. The standard InChI is InChI=1S/C7H16N6/c1-3-12-7(10)5(8)6(9)11-13(12)4-2/h3-4,8,10H2,1-2H3,(H2,9,11). The van der Waals surface area contributed by atoms with E-state index in [1.807, 2.05) is 13.8 Å². The van der Waals surface area contributed by atoms with E-state index in [-0.39, 0.29) is 5.84 Å². The quantitative estimate of drug-likeness (QED) is 0.507. The molecule has 13 heavy (non-hydrogen) atoms. The van der Waals surface area contributed by atoms with Crippen LogP contribution in [0.4, 0.5) is 0 Å². The van der Waals surface area contributed by atoms with E-state index in [2.05, 4.69) is 5.10 Å². The largest absolute Gasteiger partial charge is 0.393 e. The average molecular weight is 184 g/mol. The summed E-state index contributed by atoms with van der Waals surface area (Å²) in [6, 6.07) is 0. The van der Waals surface area contributed by atoms with Crippen molar-refractivity contribution in [2.45, 2.75) is 13.8 Å². The lowest BCUT2D eigenvalue weighted by molar-refractivity contribution is 0.0142. The third-order valence-electron chi connectivity index (χ3n) is 1.91. The van der Waals surface area contributed by atoms with Crippen LogP contribution in [0.1, 0.15) is 13.8 Å². The molecule has 0 aromatic heterocycles. The zero-order valence-electron chi connectivity index (χ0n) is 7.99. The van der Waals surface area contributed by atoms with Crippen molar-refractivity contribution in [3.8, 4) is 0 Å². The zero-order chi connectivity index (χ0) is 10.0. The summed E-state index contributed by atoms with van der Waals surface area (Å²) in [5.41, 5.74) is 17.3. The molecule has 0 aliphatic carbocycles. The van der Waals surface area contributed by atoms with Crippen molar-refractivity contribution >= 4 is 5.84 Å². The molecule has 0 amide bonds. The van der Waals surface area contributed by atoms with Crippen LogP contribution in [0.2, 0.25) is 0 Å². The Hall–Kier alpha value is -1.59. The van der Waals surface area contributed by atoms with Crippen LogP contribution in [-0.2, 0) is 0 Å². The molecular formula is C7H16N6. The van der Waals surface area contributed by atoms with Gasteiger partial charge in [0.05, 0.1) is 6.54 Å². The Balaban J connectivity index is 2.99. The summed E-state index contributed by atoms with van der Waals surface area (Å²) >= 11 is 0. The van der Waals surface area contributed by atoms with E-state index in [4.69, 9.17) is 17.2 Å². The summed E-state index contributed by atoms with van der Waals surface area (Å²) in [6.45, 7) is 5.37. The van der Waals surface area contributed by atoms with E-state index in [9.17, 15) is 0 Å². The number of hydrogen-bond acceptors (Lipinski definition) is 6. The minimum Gasteiger partial charge on any atom is -0.393 e.